The minimum atomic E-state index is -0.193. The van der Waals surface area contributed by atoms with Gasteiger partial charge in [0, 0.05) is 29.0 Å². The van der Waals surface area contributed by atoms with E-state index in [1.807, 2.05) is 36.4 Å². The number of hydrogen-bond acceptors (Lipinski definition) is 6. The van der Waals surface area contributed by atoms with Crippen LogP contribution in [0.4, 0.5) is 0 Å². The Labute approximate surface area is 190 Å². The van der Waals surface area contributed by atoms with Crippen LogP contribution in [0.3, 0.4) is 0 Å². The number of nitrogens with one attached hydrogen (secondary N) is 1. The van der Waals surface area contributed by atoms with Crippen LogP contribution in [-0.4, -0.2) is 37.6 Å². The number of amides is 1. The van der Waals surface area contributed by atoms with E-state index in [9.17, 15) is 4.79 Å². The van der Waals surface area contributed by atoms with E-state index in [2.05, 4.69) is 30.3 Å². The Kier molecular flexibility index (Phi) is 7.32. The Hall–Kier alpha value is -2.71. The average Bonchev–Trinajstić information content (AvgIpc) is 3.23. The molecular weight excluding hydrogens is 432 g/mol. The standard InChI is InChI=1S/C22H23ClN6OS/c23-18-8-6-17(7-9-18)21-27-28-22(29(21)19-4-2-1-3-5-19)31-15-20(30)26-25-14-16-10-12-24-13-11-16/h6-14,19H,1-5,15H2,(H,26,30)/b25-14+. The molecule has 1 amide bonds. The molecule has 0 spiro atoms. The number of carbonyl (C=O) groups is 1. The second-order valence-electron chi connectivity index (χ2n) is 7.34. The Morgan fingerprint density at radius 1 is 1.13 bits per heavy atom. The number of benzene rings is 1. The summed E-state index contributed by atoms with van der Waals surface area (Å²) in [6.07, 6.45) is 10.8. The minimum Gasteiger partial charge on any atom is -0.299 e. The molecule has 31 heavy (non-hydrogen) atoms. The summed E-state index contributed by atoms with van der Waals surface area (Å²) in [5.41, 5.74) is 4.40. The van der Waals surface area contributed by atoms with Crippen molar-refractivity contribution in [3.63, 3.8) is 0 Å². The maximum Gasteiger partial charge on any atom is 0.250 e. The van der Waals surface area contributed by atoms with Crippen molar-refractivity contribution in [2.24, 2.45) is 5.10 Å². The number of halogens is 1. The van der Waals surface area contributed by atoms with Gasteiger partial charge in [-0.05, 0) is 54.8 Å². The first-order chi connectivity index (χ1) is 15.2. The van der Waals surface area contributed by atoms with Gasteiger partial charge in [-0.25, -0.2) is 5.43 Å². The monoisotopic (exact) mass is 454 g/mol. The Morgan fingerprint density at radius 3 is 2.61 bits per heavy atom. The molecule has 4 rings (SSSR count). The summed E-state index contributed by atoms with van der Waals surface area (Å²) in [5, 5.41) is 14.3. The number of hydrogen-bond donors (Lipinski definition) is 1. The quantitative estimate of drug-likeness (QED) is 0.316. The lowest BCUT2D eigenvalue weighted by Gasteiger charge is -2.25. The molecule has 0 saturated heterocycles. The van der Waals surface area contributed by atoms with E-state index in [0.29, 0.717) is 11.1 Å². The number of thioether (sulfide) groups is 1. The summed E-state index contributed by atoms with van der Waals surface area (Å²) < 4.78 is 2.20. The molecule has 0 radical (unpaired) electrons. The minimum absolute atomic E-state index is 0.193. The van der Waals surface area contributed by atoms with E-state index < -0.39 is 0 Å². The number of aromatic nitrogens is 4. The zero-order chi connectivity index (χ0) is 21.5. The van der Waals surface area contributed by atoms with Crippen LogP contribution < -0.4 is 5.43 Å². The topological polar surface area (TPSA) is 85.1 Å². The van der Waals surface area contributed by atoms with Crippen LogP contribution in [-0.2, 0) is 4.79 Å². The summed E-state index contributed by atoms with van der Waals surface area (Å²) in [4.78, 5) is 16.2. The van der Waals surface area contributed by atoms with Gasteiger partial charge in [-0.2, -0.15) is 5.10 Å². The molecule has 7 nitrogen and oxygen atoms in total. The van der Waals surface area contributed by atoms with Crippen molar-refractivity contribution >= 4 is 35.5 Å². The predicted octanol–water partition coefficient (Wildman–Crippen LogP) is 4.74. The van der Waals surface area contributed by atoms with E-state index in [-0.39, 0.29) is 11.7 Å². The maximum atomic E-state index is 12.3. The van der Waals surface area contributed by atoms with Gasteiger partial charge in [0.05, 0.1) is 12.0 Å². The fraction of sp³-hybridized carbons (Fsp3) is 0.318. The molecule has 1 fully saturated rings. The molecule has 160 valence electrons. The number of pyridine rings is 1. The molecule has 1 saturated carbocycles. The molecule has 1 aliphatic carbocycles. The lowest BCUT2D eigenvalue weighted by Crippen LogP contribution is -2.20. The van der Waals surface area contributed by atoms with Crippen molar-refractivity contribution < 1.29 is 4.79 Å². The van der Waals surface area contributed by atoms with Gasteiger partial charge in [-0.3, -0.25) is 14.3 Å². The van der Waals surface area contributed by atoms with Gasteiger partial charge in [0.15, 0.2) is 11.0 Å². The van der Waals surface area contributed by atoms with E-state index in [4.69, 9.17) is 11.6 Å². The van der Waals surface area contributed by atoms with E-state index in [1.165, 1.54) is 31.0 Å². The van der Waals surface area contributed by atoms with Crippen LogP contribution in [0.15, 0.2) is 59.0 Å². The second kappa shape index (κ2) is 10.5. The molecule has 2 heterocycles. The molecule has 1 aromatic carbocycles. The van der Waals surface area contributed by atoms with Crippen molar-refractivity contribution in [1.29, 1.82) is 0 Å². The number of nitrogens with zero attached hydrogens (tertiary/aromatic N) is 5. The Bertz CT molecular complexity index is 1030. The predicted molar refractivity (Wildman–Crippen MR) is 123 cm³/mol. The molecule has 3 aromatic rings. The van der Waals surface area contributed by atoms with Gasteiger partial charge in [0.25, 0.3) is 5.91 Å². The summed E-state index contributed by atoms with van der Waals surface area (Å²) in [6.45, 7) is 0. The first-order valence-corrected chi connectivity index (χ1v) is 11.6. The van der Waals surface area contributed by atoms with Crippen molar-refractivity contribution in [2.75, 3.05) is 5.75 Å². The summed E-state index contributed by atoms with van der Waals surface area (Å²) >= 11 is 7.43. The molecule has 9 heteroatoms. The van der Waals surface area contributed by atoms with Crippen molar-refractivity contribution in [1.82, 2.24) is 25.2 Å². The van der Waals surface area contributed by atoms with Crippen LogP contribution >= 0.6 is 23.4 Å². The molecule has 2 aromatic heterocycles. The van der Waals surface area contributed by atoms with E-state index in [0.717, 1.165) is 34.9 Å². The molecule has 0 unspecified atom stereocenters. The molecule has 1 N–H and O–H groups in total. The lowest BCUT2D eigenvalue weighted by molar-refractivity contribution is -0.118. The van der Waals surface area contributed by atoms with Gasteiger partial charge in [0.1, 0.15) is 0 Å². The molecular formula is C22H23ClN6OS. The zero-order valence-corrected chi connectivity index (χ0v) is 18.5. The maximum absolute atomic E-state index is 12.3. The highest BCUT2D eigenvalue weighted by atomic mass is 35.5. The third-order valence-electron chi connectivity index (χ3n) is 5.15. The van der Waals surface area contributed by atoms with Crippen molar-refractivity contribution in [2.45, 2.75) is 43.3 Å². The largest absolute Gasteiger partial charge is 0.299 e. The molecule has 1 aliphatic rings. The smallest absolute Gasteiger partial charge is 0.250 e. The van der Waals surface area contributed by atoms with Crippen LogP contribution in [0.5, 0.6) is 0 Å². The summed E-state index contributed by atoms with van der Waals surface area (Å²) in [5.74, 6) is 0.836. The summed E-state index contributed by atoms with van der Waals surface area (Å²) in [6, 6.07) is 11.6. The Balaban J connectivity index is 1.46. The van der Waals surface area contributed by atoms with E-state index >= 15 is 0 Å². The highest BCUT2D eigenvalue weighted by Crippen LogP contribution is 2.35. The number of hydrazone groups is 1. The fourth-order valence-corrected chi connectivity index (χ4v) is 4.55. The van der Waals surface area contributed by atoms with Crippen molar-refractivity contribution in [3.05, 3.63) is 59.4 Å². The Morgan fingerprint density at radius 2 is 1.87 bits per heavy atom. The SMILES string of the molecule is O=C(CSc1nnc(-c2ccc(Cl)cc2)n1C1CCCCC1)N/N=C/c1ccncc1. The zero-order valence-electron chi connectivity index (χ0n) is 16.9. The number of rotatable bonds is 7. The fourth-order valence-electron chi connectivity index (χ4n) is 3.63. The highest BCUT2D eigenvalue weighted by molar-refractivity contribution is 7.99. The second-order valence-corrected chi connectivity index (χ2v) is 8.72. The van der Waals surface area contributed by atoms with Crippen LogP contribution in [0, 0.1) is 0 Å². The first kappa shape index (κ1) is 21.5. The average molecular weight is 455 g/mol. The third kappa shape index (κ3) is 5.71. The van der Waals surface area contributed by atoms with Gasteiger partial charge in [-0.1, -0.05) is 42.6 Å². The van der Waals surface area contributed by atoms with Gasteiger partial charge in [-0.15, -0.1) is 10.2 Å². The molecule has 0 bridgehead atoms. The lowest BCUT2D eigenvalue weighted by atomic mass is 9.95. The van der Waals surface area contributed by atoms with E-state index in [1.54, 1.807) is 18.6 Å². The molecule has 0 atom stereocenters. The molecule has 0 aliphatic heterocycles. The first-order valence-electron chi connectivity index (χ1n) is 10.3. The van der Waals surface area contributed by atoms with Crippen LogP contribution in [0.1, 0.15) is 43.7 Å². The van der Waals surface area contributed by atoms with Gasteiger partial charge >= 0.3 is 0 Å². The van der Waals surface area contributed by atoms with Crippen molar-refractivity contribution in [3.8, 4) is 11.4 Å². The van der Waals surface area contributed by atoms with Gasteiger partial charge in [0.2, 0.25) is 0 Å². The summed E-state index contributed by atoms with van der Waals surface area (Å²) in [7, 11) is 0. The van der Waals surface area contributed by atoms with Crippen LogP contribution in [0.25, 0.3) is 11.4 Å². The third-order valence-corrected chi connectivity index (χ3v) is 6.34. The van der Waals surface area contributed by atoms with Crippen LogP contribution in [0.2, 0.25) is 5.02 Å². The van der Waals surface area contributed by atoms with Gasteiger partial charge < -0.3 is 0 Å². The normalized spacial score (nSPS) is 14.7. The number of carbonyl (C=O) groups excluding carboxylic acids is 1. The highest BCUT2D eigenvalue weighted by Gasteiger charge is 2.24.